The summed E-state index contributed by atoms with van der Waals surface area (Å²) < 4.78 is 10.7. The number of anilines is 1. The van der Waals surface area contributed by atoms with E-state index in [2.05, 4.69) is 5.32 Å². The molecule has 10 heteroatoms. The van der Waals surface area contributed by atoms with Crippen LogP contribution < -0.4 is 14.8 Å². The predicted molar refractivity (Wildman–Crippen MR) is 125 cm³/mol. The second-order valence-electron chi connectivity index (χ2n) is 6.71. The van der Waals surface area contributed by atoms with E-state index in [1.807, 2.05) is 0 Å². The van der Waals surface area contributed by atoms with Crippen LogP contribution in [0.1, 0.15) is 15.9 Å². The summed E-state index contributed by atoms with van der Waals surface area (Å²) in [6.07, 6.45) is 1.26. The van der Waals surface area contributed by atoms with Gasteiger partial charge in [0.2, 0.25) is 0 Å². The highest BCUT2D eigenvalue weighted by atomic mass is 35.5. The molecular weight excluding hydrogens is 462 g/mol. The Labute approximate surface area is 198 Å². The standard InChI is InChI=1S/C24H16ClN3O6/c1-33-21-10-7-15(12-22(21)34-24(30)16-5-3-2-4-6-16)11-17(14-26)23(29)27-20-13-18(28(31)32)8-9-19(20)25/h2-13H,1H3,(H,27,29)/b17-11+. The van der Waals surface area contributed by atoms with E-state index in [4.69, 9.17) is 21.1 Å². The summed E-state index contributed by atoms with van der Waals surface area (Å²) >= 11 is 6.00. The molecule has 0 spiro atoms. The maximum atomic E-state index is 12.6. The van der Waals surface area contributed by atoms with E-state index in [-0.39, 0.29) is 33.5 Å². The molecule has 0 radical (unpaired) electrons. The quantitative estimate of drug-likeness (QED) is 0.126. The number of hydrogen-bond acceptors (Lipinski definition) is 7. The number of carbonyl (C=O) groups is 2. The number of nitriles is 1. The zero-order chi connectivity index (χ0) is 24.7. The smallest absolute Gasteiger partial charge is 0.343 e. The minimum Gasteiger partial charge on any atom is -0.493 e. The first-order chi connectivity index (χ1) is 16.3. The van der Waals surface area contributed by atoms with Crippen LogP contribution in [0.5, 0.6) is 11.5 Å². The number of nitrogens with one attached hydrogen (secondary N) is 1. The predicted octanol–water partition coefficient (Wildman–Crippen LogP) is 5.02. The number of esters is 1. The van der Waals surface area contributed by atoms with Crippen molar-refractivity contribution < 1.29 is 24.0 Å². The van der Waals surface area contributed by atoms with Gasteiger partial charge in [-0.15, -0.1) is 0 Å². The third-order valence-electron chi connectivity index (χ3n) is 4.48. The zero-order valence-corrected chi connectivity index (χ0v) is 18.4. The number of methoxy groups -OCH3 is 1. The van der Waals surface area contributed by atoms with Crippen molar-refractivity contribution in [1.82, 2.24) is 0 Å². The monoisotopic (exact) mass is 477 g/mol. The van der Waals surface area contributed by atoms with E-state index in [9.17, 15) is 25.0 Å². The van der Waals surface area contributed by atoms with Gasteiger partial charge in [0.1, 0.15) is 11.6 Å². The summed E-state index contributed by atoms with van der Waals surface area (Å²) in [4.78, 5) is 35.4. The minimum absolute atomic E-state index is 0.0192. The second-order valence-corrected chi connectivity index (χ2v) is 7.12. The summed E-state index contributed by atoms with van der Waals surface area (Å²) in [5.74, 6) is -1.08. The number of nitro benzene ring substituents is 1. The molecule has 0 bridgehead atoms. The van der Waals surface area contributed by atoms with Crippen LogP contribution in [0.25, 0.3) is 6.08 Å². The molecule has 0 atom stereocenters. The van der Waals surface area contributed by atoms with Crippen molar-refractivity contribution in [3.63, 3.8) is 0 Å². The van der Waals surface area contributed by atoms with Crippen molar-refractivity contribution >= 4 is 40.9 Å². The van der Waals surface area contributed by atoms with E-state index in [0.29, 0.717) is 11.1 Å². The van der Waals surface area contributed by atoms with Crippen molar-refractivity contribution in [2.45, 2.75) is 0 Å². The zero-order valence-electron chi connectivity index (χ0n) is 17.7. The molecule has 0 fully saturated rings. The van der Waals surface area contributed by atoms with Gasteiger partial charge >= 0.3 is 5.97 Å². The summed E-state index contributed by atoms with van der Waals surface area (Å²) in [6, 6.07) is 18.2. The van der Waals surface area contributed by atoms with Crippen LogP contribution >= 0.6 is 11.6 Å². The number of ether oxygens (including phenoxy) is 2. The Hall–Kier alpha value is -4.68. The van der Waals surface area contributed by atoms with Gasteiger partial charge < -0.3 is 14.8 Å². The fraction of sp³-hybridized carbons (Fsp3) is 0.0417. The Morgan fingerprint density at radius 1 is 1.09 bits per heavy atom. The Bertz CT molecular complexity index is 1330. The largest absolute Gasteiger partial charge is 0.493 e. The molecule has 3 rings (SSSR count). The van der Waals surface area contributed by atoms with Crippen LogP contribution in [-0.2, 0) is 4.79 Å². The van der Waals surface area contributed by atoms with E-state index in [1.54, 1.807) is 42.5 Å². The number of benzene rings is 3. The third-order valence-corrected chi connectivity index (χ3v) is 4.81. The lowest BCUT2D eigenvalue weighted by molar-refractivity contribution is -0.384. The van der Waals surface area contributed by atoms with Crippen LogP contribution in [-0.4, -0.2) is 23.9 Å². The van der Waals surface area contributed by atoms with E-state index < -0.39 is 16.8 Å². The van der Waals surface area contributed by atoms with Gasteiger partial charge in [-0.05, 0) is 42.0 Å². The molecule has 170 valence electrons. The SMILES string of the molecule is COc1ccc(/C=C(\C#N)C(=O)Nc2cc([N+](=O)[O-])ccc2Cl)cc1OC(=O)c1ccccc1. The first kappa shape index (κ1) is 24.0. The summed E-state index contributed by atoms with van der Waals surface area (Å²) in [5.41, 5.74) is 0.0921. The van der Waals surface area contributed by atoms with Crippen LogP contribution in [0.2, 0.25) is 5.02 Å². The highest BCUT2D eigenvalue weighted by Crippen LogP contribution is 2.30. The fourth-order valence-electron chi connectivity index (χ4n) is 2.82. The van der Waals surface area contributed by atoms with E-state index >= 15 is 0 Å². The lowest BCUT2D eigenvalue weighted by Crippen LogP contribution is -2.14. The lowest BCUT2D eigenvalue weighted by atomic mass is 10.1. The van der Waals surface area contributed by atoms with Crippen molar-refractivity contribution in [3.8, 4) is 17.6 Å². The number of halogens is 1. The first-order valence-corrected chi connectivity index (χ1v) is 10.0. The van der Waals surface area contributed by atoms with Crippen molar-refractivity contribution in [2.24, 2.45) is 0 Å². The van der Waals surface area contributed by atoms with Gasteiger partial charge in [-0.1, -0.05) is 35.9 Å². The van der Waals surface area contributed by atoms with Gasteiger partial charge in [0.05, 0.1) is 28.3 Å². The van der Waals surface area contributed by atoms with Crippen LogP contribution in [0, 0.1) is 21.4 Å². The molecule has 1 N–H and O–H groups in total. The molecule has 0 aliphatic heterocycles. The first-order valence-electron chi connectivity index (χ1n) is 9.64. The molecule has 0 aromatic heterocycles. The van der Waals surface area contributed by atoms with Gasteiger partial charge in [-0.25, -0.2) is 4.79 Å². The number of non-ortho nitro benzene ring substituents is 1. The maximum Gasteiger partial charge on any atom is 0.343 e. The topological polar surface area (TPSA) is 132 Å². The number of hydrogen-bond donors (Lipinski definition) is 1. The molecule has 0 saturated carbocycles. The van der Waals surface area contributed by atoms with Crippen LogP contribution in [0.4, 0.5) is 11.4 Å². The van der Waals surface area contributed by atoms with Gasteiger partial charge in [0, 0.05) is 12.1 Å². The molecule has 9 nitrogen and oxygen atoms in total. The Balaban J connectivity index is 1.87. The molecule has 1 amide bonds. The van der Waals surface area contributed by atoms with Gasteiger partial charge in [0.15, 0.2) is 11.5 Å². The summed E-state index contributed by atoms with van der Waals surface area (Å²) in [7, 11) is 1.40. The Morgan fingerprint density at radius 2 is 1.82 bits per heavy atom. The van der Waals surface area contributed by atoms with Gasteiger partial charge in [-0.2, -0.15) is 5.26 Å². The van der Waals surface area contributed by atoms with Crippen molar-refractivity contribution in [3.05, 3.63) is 98.6 Å². The highest BCUT2D eigenvalue weighted by Gasteiger charge is 2.17. The average molecular weight is 478 g/mol. The highest BCUT2D eigenvalue weighted by molar-refractivity contribution is 6.34. The van der Waals surface area contributed by atoms with Gasteiger partial charge in [-0.3, -0.25) is 14.9 Å². The summed E-state index contributed by atoms with van der Waals surface area (Å²) in [6.45, 7) is 0. The third kappa shape index (κ3) is 5.76. The molecule has 3 aromatic carbocycles. The molecule has 34 heavy (non-hydrogen) atoms. The van der Waals surface area contributed by atoms with Crippen molar-refractivity contribution in [1.29, 1.82) is 5.26 Å². The average Bonchev–Trinajstić information content (AvgIpc) is 2.84. The molecular formula is C24H16ClN3O6. The Kier molecular flexibility index (Phi) is 7.59. The fourth-order valence-corrected chi connectivity index (χ4v) is 2.99. The van der Waals surface area contributed by atoms with Crippen molar-refractivity contribution in [2.75, 3.05) is 12.4 Å². The number of carbonyl (C=O) groups excluding carboxylic acids is 2. The number of amides is 1. The Morgan fingerprint density at radius 3 is 2.47 bits per heavy atom. The number of nitro groups is 1. The maximum absolute atomic E-state index is 12.6. The second kappa shape index (κ2) is 10.8. The van der Waals surface area contributed by atoms with Crippen LogP contribution in [0.15, 0.2) is 72.3 Å². The van der Waals surface area contributed by atoms with Crippen LogP contribution in [0.3, 0.4) is 0 Å². The molecule has 0 aliphatic carbocycles. The number of nitrogens with zero attached hydrogens (tertiary/aromatic N) is 2. The molecule has 0 unspecified atom stereocenters. The van der Waals surface area contributed by atoms with E-state index in [1.165, 1.54) is 37.5 Å². The minimum atomic E-state index is -0.830. The summed E-state index contributed by atoms with van der Waals surface area (Å²) in [5, 5.41) is 22.9. The van der Waals surface area contributed by atoms with E-state index in [0.717, 1.165) is 6.07 Å². The molecule has 3 aromatic rings. The molecule has 0 heterocycles. The number of rotatable bonds is 7. The lowest BCUT2D eigenvalue weighted by Gasteiger charge is -2.10. The normalized spacial score (nSPS) is 10.7. The molecule has 0 aliphatic rings. The molecule has 0 saturated heterocycles. The van der Waals surface area contributed by atoms with Gasteiger partial charge in [0.25, 0.3) is 11.6 Å².